The van der Waals surface area contributed by atoms with Gasteiger partial charge in [0.15, 0.2) is 0 Å². The van der Waals surface area contributed by atoms with Gasteiger partial charge < -0.3 is 25.2 Å². The summed E-state index contributed by atoms with van der Waals surface area (Å²) in [5, 5.41) is 6.05. The maximum atomic E-state index is 14.4. The molecule has 7 atom stereocenters. The normalized spacial score (nSPS) is 17.6. The number of carbonyl (C=O) groups is 4. The molecule has 1 aliphatic rings. The van der Waals surface area contributed by atoms with Gasteiger partial charge in [-0.15, -0.1) is 23.5 Å². The molecule has 2 aromatic carbocycles. The van der Waals surface area contributed by atoms with Crippen molar-refractivity contribution < 1.29 is 23.9 Å². The van der Waals surface area contributed by atoms with Crippen LogP contribution in [0.1, 0.15) is 78.7 Å². The van der Waals surface area contributed by atoms with Gasteiger partial charge in [-0.2, -0.15) is 0 Å². The molecule has 7 unspecified atom stereocenters. The zero-order valence-corrected chi connectivity index (χ0v) is 37.2. The molecule has 4 amide bonds. The van der Waals surface area contributed by atoms with Crippen LogP contribution in [-0.4, -0.2) is 122 Å². The van der Waals surface area contributed by atoms with E-state index in [0.717, 1.165) is 30.6 Å². The van der Waals surface area contributed by atoms with Gasteiger partial charge in [-0.05, 0) is 87.2 Å². The van der Waals surface area contributed by atoms with Crippen LogP contribution in [-0.2, 0) is 30.3 Å². The van der Waals surface area contributed by atoms with Crippen LogP contribution in [0.5, 0.6) is 0 Å². The van der Waals surface area contributed by atoms with Gasteiger partial charge in [-0.1, -0.05) is 71.4 Å². The van der Waals surface area contributed by atoms with Crippen molar-refractivity contribution in [1.29, 1.82) is 0 Å². The van der Waals surface area contributed by atoms with Crippen LogP contribution in [0.25, 0.3) is 0 Å². The van der Waals surface area contributed by atoms with Gasteiger partial charge in [-0.3, -0.25) is 24.1 Å². The highest BCUT2D eigenvalue weighted by Crippen LogP contribution is 2.36. The summed E-state index contributed by atoms with van der Waals surface area (Å²) in [6.07, 6.45) is 5.48. The lowest BCUT2D eigenvalue weighted by molar-refractivity contribution is -0.143. The number of rotatable bonds is 23. The van der Waals surface area contributed by atoms with Crippen molar-refractivity contribution in [1.82, 2.24) is 25.3 Å². The zero-order valence-electron chi connectivity index (χ0n) is 35.6. The number of nitrogens with one attached hydrogen (secondary N) is 2. The lowest BCUT2D eigenvalue weighted by Gasteiger charge is -2.39. The molecule has 2 N–H and O–H groups in total. The average molecular weight is 812 g/mol. The summed E-state index contributed by atoms with van der Waals surface area (Å²) in [5.41, 5.74) is 1.18. The van der Waals surface area contributed by atoms with Crippen LogP contribution in [0, 0.1) is 17.8 Å². The molecule has 312 valence electrons. The zero-order chi connectivity index (χ0) is 41.4. The molecule has 1 heterocycles. The highest BCUT2D eigenvalue weighted by Gasteiger charge is 2.40. The number of methoxy groups -OCH3 is 1. The predicted octanol–water partition coefficient (Wildman–Crippen LogP) is 6.62. The van der Waals surface area contributed by atoms with E-state index in [1.54, 1.807) is 35.5 Å². The number of nitrogens with zero attached hydrogens (tertiary/aromatic N) is 3. The summed E-state index contributed by atoms with van der Waals surface area (Å²) >= 11 is 3.36. The number of benzene rings is 2. The second kappa shape index (κ2) is 24.0. The van der Waals surface area contributed by atoms with Gasteiger partial charge in [0.1, 0.15) is 0 Å². The monoisotopic (exact) mass is 811 g/mol. The Labute approximate surface area is 346 Å². The molecule has 1 aliphatic heterocycles. The Balaban J connectivity index is 1.73. The van der Waals surface area contributed by atoms with E-state index in [1.165, 1.54) is 10.5 Å². The topological polar surface area (TPSA) is 111 Å². The fraction of sp³-hybridized carbons (Fsp3) is 0.636. The van der Waals surface area contributed by atoms with Gasteiger partial charge in [0.25, 0.3) is 0 Å². The molecule has 56 heavy (non-hydrogen) atoms. The molecular formula is C44H69N5O5S2. The highest BCUT2D eigenvalue weighted by molar-refractivity contribution is 8.00. The van der Waals surface area contributed by atoms with E-state index in [2.05, 4.69) is 67.1 Å². The van der Waals surface area contributed by atoms with Crippen LogP contribution in [0.2, 0.25) is 0 Å². The van der Waals surface area contributed by atoms with E-state index in [9.17, 15) is 19.2 Å². The number of carbonyl (C=O) groups excluding carboxylic acids is 4. The summed E-state index contributed by atoms with van der Waals surface area (Å²) in [4.78, 5) is 62.4. The molecule has 0 radical (unpaired) electrons. The molecule has 0 aromatic heterocycles. The van der Waals surface area contributed by atoms with Gasteiger partial charge >= 0.3 is 0 Å². The quantitative estimate of drug-likeness (QED) is 0.121. The molecular weight excluding hydrogens is 743 g/mol. The van der Waals surface area contributed by atoms with Crippen molar-refractivity contribution in [2.24, 2.45) is 17.8 Å². The molecule has 0 aliphatic carbocycles. The number of ether oxygens (including phenoxy) is 1. The Morgan fingerprint density at radius 3 is 2.16 bits per heavy atom. The fourth-order valence-electron chi connectivity index (χ4n) is 7.89. The molecule has 1 fully saturated rings. The number of amides is 4. The van der Waals surface area contributed by atoms with E-state index in [1.807, 2.05) is 69.9 Å². The number of hydrogen-bond donors (Lipinski definition) is 2. The SMILES string of the molecule is CCC(C)C(C(CC(=O)N1CCCC1C(CC(=O)NCCc1ccccc1)Sc1ccc(SC)cc1)OC)N(C)C(=O)CC(C)CNC(=O)C(C(C)C)N(C)C. The maximum Gasteiger partial charge on any atom is 0.237 e. The van der Waals surface area contributed by atoms with Crippen molar-refractivity contribution in [3.8, 4) is 0 Å². The number of likely N-dealkylation sites (tertiary alicyclic amines) is 1. The summed E-state index contributed by atoms with van der Waals surface area (Å²) in [5.74, 6) is 0.0493. The first-order valence-electron chi connectivity index (χ1n) is 20.3. The van der Waals surface area contributed by atoms with E-state index in [-0.39, 0.29) is 77.6 Å². The van der Waals surface area contributed by atoms with Crippen LogP contribution in [0.15, 0.2) is 64.4 Å². The third-order valence-corrected chi connectivity index (χ3v) is 13.2. The van der Waals surface area contributed by atoms with Crippen molar-refractivity contribution >= 4 is 47.2 Å². The minimum absolute atomic E-state index is 0.0157. The van der Waals surface area contributed by atoms with E-state index < -0.39 is 6.10 Å². The lowest BCUT2D eigenvalue weighted by atomic mass is 9.90. The van der Waals surface area contributed by atoms with Crippen molar-refractivity contribution in [3.05, 3.63) is 60.2 Å². The third-order valence-electron chi connectivity index (χ3n) is 11.1. The third kappa shape index (κ3) is 14.4. The van der Waals surface area contributed by atoms with E-state index >= 15 is 0 Å². The van der Waals surface area contributed by atoms with Crippen LogP contribution in [0.4, 0.5) is 0 Å². The van der Waals surface area contributed by atoms with Gasteiger partial charge in [0, 0.05) is 67.7 Å². The van der Waals surface area contributed by atoms with E-state index in [0.29, 0.717) is 26.1 Å². The minimum Gasteiger partial charge on any atom is -0.379 e. The molecule has 10 nitrogen and oxygen atoms in total. The Hall–Kier alpha value is -3.06. The van der Waals surface area contributed by atoms with E-state index in [4.69, 9.17) is 4.74 Å². The summed E-state index contributed by atoms with van der Waals surface area (Å²) in [7, 11) is 7.24. The Morgan fingerprint density at radius 2 is 1.57 bits per heavy atom. The molecule has 2 aromatic rings. The first-order valence-corrected chi connectivity index (χ1v) is 22.4. The number of likely N-dealkylation sites (N-methyl/N-ethyl adjacent to an activating group) is 2. The first-order chi connectivity index (χ1) is 26.7. The van der Waals surface area contributed by atoms with Crippen LogP contribution >= 0.6 is 23.5 Å². The Bertz CT molecular complexity index is 1500. The van der Waals surface area contributed by atoms with Gasteiger partial charge in [0.2, 0.25) is 23.6 Å². The highest BCUT2D eigenvalue weighted by atomic mass is 32.2. The standard InChI is InChI=1S/C44H69N5O5S2/c1-11-32(5)43(48(8)40(51)26-31(4)29-46-44(53)42(30(2)3)47(6)7)37(54-9)27-41(52)49-25-15-18-36(49)38(56-35-21-19-34(55-10)20-22-35)28-39(50)45-24-23-33-16-13-12-14-17-33/h12-14,16-17,19-22,30-32,36-38,42-43H,11,15,18,23-29H2,1-10H3,(H,45,50)(H,46,53). The largest absolute Gasteiger partial charge is 0.379 e. The second-order valence-corrected chi connectivity index (χ2v) is 18.2. The number of thioether (sulfide) groups is 2. The summed E-state index contributed by atoms with van der Waals surface area (Å²) in [6, 6.07) is 17.8. The molecule has 3 rings (SSSR count). The molecule has 0 spiro atoms. The first kappa shape index (κ1) is 47.3. The van der Waals surface area contributed by atoms with Crippen LogP contribution < -0.4 is 10.6 Å². The fourth-order valence-corrected chi connectivity index (χ4v) is 9.61. The minimum atomic E-state index is -0.513. The Kier molecular flexibility index (Phi) is 20.3. The lowest BCUT2D eigenvalue weighted by Crippen LogP contribution is -2.52. The van der Waals surface area contributed by atoms with Gasteiger partial charge in [-0.25, -0.2) is 0 Å². The molecule has 0 saturated carbocycles. The van der Waals surface area contributed by atoms with Crippen molar-refractivity contribution in [2.45, 2.75) is 119 Å². The number of hydrogen-bond acceptors (Lipinski definition) is 8. The molecule has 12 heteroatoms. The molecule has 0 bridgehead atoms. The smallest absolute Gasteiger partial charge is 0.237 e. The second-order valence-electron chi connectivity index (χ2n) is 16.0. The maximum absolute atomic E-state index is 14.4. The average Bonchev–Trinajstić information content (AvgIpc) is 3.67. The van der Waals surface area contributed by atoms with Crippen molar-refractivity contribution in [2.75, 3.05) is 54.1 Å². The Morgan fingerprint density at radius 1 is 0.911 bits per heavy atom. The summed E-state index contributed by atoms with van der Waals surface area (Å²) < 4.78 is 6.08. The predicted molar refractivity (Wildman–Crippen MR) is 231 cm³/mol. The van der Waals surface area contributed by atoms with Gasteiger partial charge in [0.05, 0.1) is 24.6 Å². The summed E-state index contributed by atoms with van der Waals surface area (Å²) in [6.45, 7) is 11.8. The molecule has 1 saturated heterocycles. The van der Waals surface area contributed by atoms with Crippen LogP contribution in [0.3, 0.4) is 0 Å². The van der Waals surface area contributed by atoms with Crippen molar-refractivity contribution in [3.63, 3.8) is 0 Å².